The van der Waals surface area contributed by atoms with Gasteiger partial charge < -0.3 is 19.0 Å². The van der Waals surface area contributed by atoms with Crippen LogP contribution in [0.25, 0.3) is 11.0 Å². The summed E-state index contributed by atoms with van der Waals surface area (Å²) in [4.78, 5) is 34.8. The second-order valence-electron chi connectivity index (χ2n) is 5.97. The Morgan fingerprint density at radius 3 is 2.32 bits per heavy atom. The van der Waals surface area contributed by atoms with Gasteiger partial charge in [0.1, 0.15) is 0 Å². The fourth-order valence-corrected chi connectivity index (χ4v) is 4.79. The van der Waals surface area contributed by atoms with Crippen LogP contribution < -0.4 is 16.2 Å². The number of nitrogens with zero attached hydrogens (tertiary/aromatic N) is 3. The highest BCUT2D eigenvalue weighted by Gasteiger charge is 2.36. The molecule has 1 atom stereocenters. The molecular formula is C15H16N3O6S-. The van der Waals surface area contributed by atoms with Crippen molar-refractivity contribution >= 4 is 27.0 Å². The SMILES string of the molecule is Cn1c(=O)c(=O)n(C)c2cc(S(=O)(=O)N3CCCC3C(=O)[O-])ccc21. The fraction of sp³-hybridized carbons (Fsp3) is 0.400. The monoisotopic (exact) mass is 366 g/mol. The summed E-state index contributed by atoms with van der Waals surface area (Å²) >= 11 is 0. The molecule has 1 unspecified atom stereocenters. The molecule has 0 aliphatic carbocycles. The topological polar surface area (TPSA) is 122 Å². The van der Waals surface area contributed by atoms with Crippen molar-refractivity contribution in [1.82, 2.24) is 13.4 Å². The van der Waals surface area contributed by atoms with E-state index in [0.717, 1.165) is 13.4 Å². The zero-order valence-electron chi connectivity index (χ0n) is 13.6. The summed E-state index contributed by atoms with van der Waals surface area (Å²) in [5, 5.41) is 11.2. The maximum absolute atomic E-state index is 12.8. The van der Waals surface area contributed by atoms with Crippen LogP contribution in [0.15, 0.2) is 32.7 Å². The molecule has 0 amide bonds. The van der Waals surface area contributed by atoms with Gasteiger partial charge in [0.05, 0.1) is 27.9 Å². The van der Waals surface area contributed by atoms with Crippen molar-refractivity contribution in [2.75, 3.05) is 6.54 Å². The van der Waals surface area contributed by atoms with E-state index in [1.807, 2.05) is 0 Å². The Bertz CT molecular complexity index is 1100. The average Bonchev–Trinajstić information content (AvgIpc) is 3.08. The molecular weight excluding hydrogens is 350 g/mol. The quantitative estimate of drug-likeness (QED) is 0.587. The highest BCUT2D eigenvalue weighted by atomic mass is 32.2. The summed E-state index contributed by atoms with van der Waals surface area (Å²) in [7, 11) is -1.27. The minimum absolute atomic E-state index is 0.0885. The van der Waals surface area contributed by atoms with E-state index >= 15 is 0 Å². The van der Waals surface area contributed by atoms with Gasteiger partial charge in [0.15, 0.2) is 0 Å². The molecule has 1 aliphatic heterocycles. The van der Waals surface area contributed by atoms with Gasteiger partial charge in [-0.15, -0.1) is 0 Å². The lowest BCUT2D eigenvalue weighted by atomic mass is 10.2. The number of sulfonamides is 1. The van der Waals surface area contributed by atoms with Gasteiger partial charge in [-0.1, -0.05) is 0 Å². The van der Waals surface area contributed by atoms with Gasteiger partial charge in [-0.3, -0.25) is 9.59 Å². The Labute approximate surface area is 142 Å². The largest absolute Gasteiger partial charge is 0.548 e. The van der Waals surface area contributed by atoms with E-state index in [1.165, 1.54) is 32.3 Å². The first-order chi connectivity index (χ1) is 11.7. The van der Waals surface area contributed by atoms with Crippen LogP contribution >= 0.6 is 0 Å². The van der Waals surface area contributed by atoms with E-state index in [-0.39, 0.29) is 23.4 Å². The number of hydrogen-bond acceptors (Lipinski definition) is 6. The molecule has 1 saturated heterocycles. The fourth-order valence-electron chi connectivity index (χ4n) is 3.12. The molecule has 2 aromatic rings. The Balaban J connectivity index is 2.21. The van der Waals surface area contributed by atoms with Crippen molar-refractivity contribution in [3.05, 3.63) is 38.9 Å². The van der Waals surface area contributed by atoms with E-state index in [0.29, 0.717) is 11.9 Å². The van der Waals surface area contributed by atoms with Crippen molar-refractivity contribution in [3.8, 4) is 0 Å². The molecule has 0 radical (unpaired) electrons. The lowest BCUT2D eigenvalue weighted by Gasteiger charge is -2.25. The van der Waals surface area contributed by atoms with E-state index in [9.17, 15) is 27.9 Å². The highest BCUT2D eigenvalue weighted by Crippen LogP contribution is 2.27. The minimum atomic E-state index is -4.07. The molecule has 1 fully saturated rings. The van der Waals surface area contributed by atoms with Gasteiger partial charge in [0.25, 0.3) is 0 Å². The van der Waals surface area contributed by atoms with E-state index < -0.39 is 33.2 Å². The predicted molar refractivity (Wildman–Crippen MR) is 86.4 cm³/mol. The third-order valence-corrected chi connectivity index (χ3v) is 6.45. The van der Waals surface area contributed by atoms with Gasteiger partial charge in [0, 0.05) is 20.6 Å². The molecule has 9 nitrogen and oxygen atoms in total. The van der Waals surface area contributed by atoms with E-state index in [4.69, 9.17) is 0 Å². The van der Waals surface area contributed by atoms with Crippen molar-refractivity contribution in [2.24, 2.45) is 14.1 Å². The van der Waals surface area contributed by atoms with Gasteiger partial charge in [-0.25, -0.2) is 8.42 Å². The van der Waals surface area contributed by atoms with Crippen molar-refractivity contribution in [2.45, 2.75) is 23.8 Å². The Kier molecular flexibility index (Phi) is 4.04. The van der Waals surface area contributed by atoms with Crippen LogP contribution in [-0.2, 0) is 28.9 Å². The number of benzene rings is 1. The van der Waals surface area contributed by atoms with Crippen LogP contribution in [0.5, 0.6) is 0 Å². The van der Waals surface area contributed by atoms with Gasteiger partial charge in [-0.2, -0.15) is 4.31 Å². The van der Waals surface area contributed by atoms with E-state index in [1.54, 1.807) is 0 Å². The second-order valence-corrected chi connectivity index (χ2v) is 7.86. The van der Waals surface area contributed by atoms with Crippen LogP contribution in [-0.4, -0.2) is 40.4 Å². The van der Waals surface area contributed by atoms with Crippen molar-refractivity contribution in [3.63, 3.8) is 0 Å². The first-order valence-electron chi connectivity index (χ1n) is 7.58. The molecule has 1 aromatic carbocycles. The maximum Gasteiger partial charge on any atom is 0.316 e. The van der Waals surface area contributed by atoms with Crippen LogP contribution in [0, 0.1) is 0 Å². The number of carboxylic acids is 1. The molecule has 134 valence electrons. The zero-order valence-corrected chi connectivity index (χ0v) is 14.4. The van der Waals surface area contributed by atoms with Crippen molar-refractivity contribution in [1.29, 1.82) is 0 Å². The van der Waals surface area contributed by atoms with E-state index in [2.05, 4.69) is 0 Å². The number of fused-ring (bicyclic) bond motifs is 1. The zero-order chi connectivity index (χ0) is 18.5. The summed E-state index contributed by atoms with van der Waals surface area (Å²) in [6, 6.07) is 2.79. The summed E-state index contributed by atoms with van der Waals surface area (Å²) in [5.41, 5.74) is -0.846. The third kappa shape index (κ3) is 2.57. The molecule has 25 heavy (non-hydrogen) atoms. The summed E-state index contributed by atoms with van der Waals surface area (Å²) in [6.07, 6.45) is 0.626. The third-order valence-electron chi connectivity index (χ3n) is 4.54. The standard InChI is InChI=1S/C15H17N3O6S/c1-16-10-6-5-9(8-12(10)17(2)14(20)13(16)19)25(23,24)18-7-3-4-11(18)15(21)22/h5-6,8,11H,3-4,7H2,1-2H3,(H,21,22)/p-1. The van der Waals surface area contributed by atoms with Crippen LogP contribution in [0.4, 0.5) is 0 Å². The number of carbonyl (C=O) groups excluding carboxylic acids is 1. The molecule has 0 saturated carbocycles. The smallest absolute Gasteiger partial charge is 0.316 e. The second kappa shape index (κ2) is 5.81. The molecule has 1 aliphatic rings. The number of carbonyl (C=O) groups is 1. The maximum atomic E-state index is 12.8. The number of carboxylic acid groups (broad SMARTS) is 1. The van der Waals surface area contributed by atoms with Crippen LogP contribution in [0.1, 0.15) is 12.8 Å². The summed E-state index contributed by atoms with van der Waals surface area (Å²) in [6.45, 7) is 0.0885. The molecule has 0 spiro atoms. The molecule has 0 bridgehead atoms. The Morgan fingerprint density at radius 1 is 1.12 bits per heavy atom. The Morgan fingerprint density at radius 2 is 1.72 bits per heavy atom. The molecule has 10 heteroatoms. The van der Waals surface area contributed by atoms with Gasteiger partial charge in [-0.05, 0) is 31.0 Å². The van der Waals surface area contributed by atoms with Gasteiger partial charge >= 0.3 is 11.1 Å². The number of aromatic nitrogens is 2. The normalized spacial score (nSPS) is 18.7. The van der Waals surface area contributed by atoms with Crippen LogP contribution in [0.2, 0.25) is 0 Å². The van der Waals surface area contributed by atoms with Gasteiger partial charge in [0.2, 0.25) is 10.0 Å². The molecule has 1 aromatic heterocycles. The molecule has 2 heterocycles. The lowest BCUT2D eigenvalue weighted by molar-refractivity contribution is -0.309. The molecule has 0 N–H and O–H groups in total. The first kappa shape index (κ1) is 17.4. The summed E-state index contributed by atoms with van der Waals surface area (Å²) in [5.74, 6) is -1.43. The average molecular weight is 366 g/mol. The predicted octanol–water partition coefficient (Wildman–Crippen LogP) is -1.86. The van der Waals surface area contributed by atoms with Crippen LogP contribution in [0.3, 0.4) is 0 Å². The Hall–Kier alpha value is -2.46. The van der Waals surface area contributed by atoms with Crippen molar-refractivity contribution < 1.29 is 18.3 Å². The number of rotatable bonds is 3. The number of aliphatic carboxylic acids is 1. The molecule has 3 rings (SSSR count). The highest BCUT2D eigenvalue weighted by molar-refractivity contribution is 7.89. The summed E-state index contributed by atoms with van der Waals surface area (Å²) < 4.78 is 28.8. The number of hydrogen-bond donors (Lipinski definition) is 0. The first-order valence-corrected chi connectivity index (χ1v) is 9.02. The number of aryl methyl sites for hydroxylation is 2. The minimum Gasteiger partial charge on any atom is -0.548 e. The lowest BCUT2D eigenvalue weighted by Crippen LogP contribution is -2.46.